The van der Waals surface area contributed by atoms with E-state index >= 15 is 0 Å². The summed E-state index contributed by atoms with van der Waals surface area (Å²) in [4.78, 5) is 27.1. The minimum absolute atomic E-state index is 0.141. The van der Waals surface area contributed by atoms with Gasteiger partial charge in [0.2, 0.25) is 0 Å². The molecule has 1 heterocycles. The number of halogens is 1. The van der Waals surface area contributed by atoms with Crippen LogP contribution >= 0.6 is 11.6 Å². The van der Waals surface area contributed by atoms with Crippen LogP contribution in [0.3, 0.4) is 0 Å². The van der Waals surface area contributed by atoms with Gasteiger partial charge in [0, 0.05) is 16.6 Å². The van der Waals surface area contributed by atoms with Crippen LogP contribution in [-0.4, -0.2) is 23.5 Å². The number of rotatable bonds is 4. The second kappa shape index (κ2) is 6.99. The third kappa shape index (κ3) is 3.67. The Hall–Kier alpha value is -2.79. The molecule has 1 amide bonds. The molecular weight excluding hydrogens is 340 g/mol. The molecule has 2 aromatic carbocycles. The van der Waals surface area contributed by atoms with Crippen molar-refractivity contribution in [2.45, 2.75) is 13.8 Å². The first-order valence-electron chi connectivity index (χ1n) is 7.76. The molecule has 0 saturated carbocycles. The first-order valence-corrected chi connectivity index (χ1v) is 8.14. The minimum Gasteiger partial charge on any atom is -0.451 e. The van der Waals surface area contributed by atoms with Crippen LogP contribution in [0, 0.1) is 13.8 Å². The number of H-pyrrole nitrogens is 1. The molecule has 0 aliphatic carbocycles. The van der Waals surface area contributed by atoms with Gasteiger partial charge in [-0.2, -0.15) is 0 Å². The van der Waals surface area contributed by atoms with E-state index in [1.54, 1.807) is 12.1 Å². The van der Waals surface area contributed by atoms with Gasteiger partial charge in [-0.25, -0.2) is 4.79 Å². The fourth-order valence-corrected chi connectivity index (χ4v) is 2.76. The van der Waals surface area contributed by atoms with Crippen molar-refractivity contribution in [3.63, 3.8) is 0 Å². The number of fused-ring (bicyclic) bond motifs is 1. The largest absolute Gasteiger partial charge is 0.451 e. The number of ether oxygens (including phenoxy) is 1. The predicted octanol–water partition coefficient (Wildman–Crippen LogP) is 4.23. The molecule has 0 bridgehead atoms. The van der Waals surface area contributed by atoms with Crippen molar-refractivity contribution in [1.82, 2.24) is 4.98 Å². The minimum atomic E-state index is -0.670. The van der Waals surface area contributed by atoms with E-state index in [0.717, 1.165) is 22.0 Å². The number of carbonyl (C=O) groups is 2. The van der Waals surface area contributed by atoms with E-state index in [0.29, 0.717) is 5.69 Å². The number of anilines is 1. The van der Waals surface area contributed by atoms with Crippen molar-refractivity contribution >= 4 is 40.1 Å². The lowest BCUT2D eigenvalue weighted by Crippen LogP contribution is -2.21. The predicted molar refractivity (Wildman–Crippen MR) is 98.1 cm³/mol. The lowest BCUT2D eigenvalue weighted by Gasteiger charge is -2.08. The van der Waals surface area contributed by atoms with Crippen molar-refractivity contribution < 1.29 is 14.3 Å². The number of aromatic amines is 1. The summed E-state index contributed by atoms with van der Waals surface area (Å²) < 4.78 is 5.06. The fourth-order valence-electron chi connectivity index (χ4n) is 2.47. The van der Waals surface area contributed by atoms with E-state index in [4.69, 9.17) is 16.3 Å². The maximum absolute atomic E-state index is 12.2. The Labute approximate surface area is 149 Å². The number of carbonyl (C=O) groups excluding carboxylic acids is 2. The Morgan fingerprint density at radius 3 is 2.60 bits per heavy atom. The average molecular weight is 357 g/mol. The number of hydrogen-bond donors (Lipinski definition) is 2. The second-order valence-corrected chi connectivity index (χ2v) is 6.16. The molecular formula is C19H17ClN2O3. The van der Waals surface area contributed by atoms with Crippen molar-refractivity contribution in [2.75, 3.05) is 11.9 Å². The summed E-state index contributed by atoms with van der Waals surface area (Å²) >= 11 is 6.20. The van der Waals surface area contributed by atoms with E-state index in [1.807, 2.05) is 44.2 Å². The molecule has 0 saturated heterocycles. The Morgan fingerprint density at radius 1 is 1.12 bits per heavy atom. The Kier molecular flexibility index (Phi) is 4.76. The summed E-state index contributed by atoms with van der Waals surface area (Å²) in [5, 5.41) is 3.72. The highest BCUT2D eigenvalue weighted by Crippen LogP contribution is 2.27. The number of esters is 1. The number of para-hydroxylation sites is 1. The number of benzene rings is 2. The van der Waals surface area contributed by atoms with Crippen LogP contribution in [0.25, 0.3) is 10.9 Å². The average Bonchev–Trinajstić information content (AvgIpc) is 2.93. The number of aromatic nitrogens is 1. The normalized spacial score (nSPS) is 10.7. The molecule has 0 spiro atoms. The molecule has 0 aliphatic rings. The highest BCUT2D eigenvalue weighted by Gasteiger charge is 2.18. The summed E-state index contributed by atoms with van der Waals surface area (Å²) in [6.07, 6.45) is 0. The van der Waals surface area contributed by atoms with Gasteiger partial charge in [-0.15, -0.1) is 0 Å². The molecule has 0 aliphatic heterocycles. The molecule has 5 nitrogen and oxygen atoms in total. The summed E-state index contributed by atoms with van der Waals surface area (Å²) in [7, 11) is 0. The smallest absolute Gasteiger partial charge is 0.356 e. The van der Waals surface area contributed by atoms with Gasteiger partial charge < -0.3 is 15.0 Å². The fraction of sp³-hybridized carbons (Fsp3) is 0.158. The second-order valence-electron chi connectivity index (χ2n) is 5.78. The Bertz CT molecular complexity index is 962. The molecule has 0 atom stereocenters. The van der Waals surface area contributed by atoms with Gasteiger partial charge in [0.25, 0.3) is 5.91 Å². The molecule has 128 valence electrons. The summed E-state index contributed by atoms with van der Waals surface area (Å²) in [5.41, 5.74) is 3.74. The van der Waals surface area contributed by atoms with Gasteiger partial charge in [-0.3, -0.25) is 4.79 Å². The first-order chi connectivity index (χ1) is 12.0. The van der Waals surface area contributed by atoms with Gasteiger partial charge in [0.15, 0.2) is 6.61 Å². The summed E-state index contributed by atoms with van der Waals surface area (Å²) in [6.45, 7) is 3.56. The number of nitrogens with one attached hydrogen (secondary N) is 2. The maximum Gasteiger partial charge on any atom is 0.356 e. The van der Waals surface area contributed by atoms with Crippen molar-refractivity contribution in [1.29, 1.82) is 0 Å². The zero-order chi connectivity index (χ0) is 18.0. The van der Waals surface area contributed by atoms with Crippen molar-refractivity contribution in [2.24, 2.45) is 0 Å². The topological polar surface area (TPSA) is 71.2 Å². The van der Waals surface area contributed by atoms with Gasteiger partial charge >= 0.3 is 5.97 Å². The highest BCUT2D eigenvalue weighted by atomic mass is 35.5. The molecule has 0 radical (unpaired) electrons. The Morgan fingerprint density at radius 2 is 1.88 bits per heavy atom. The molecule has 2 N–H and O–H groups in total. The van der Waals surface area contributed by atoms with Crippen LogP contribution in [0.1, 0.15) is 21.6 Å². The third-order valence-electron chi connectivity index (χ3n) is 3.97. The van der Waals surface area contributed by atoms with Crippen LogP contribution in [0.15, 0.2) is 42.5 Å². The van der Waals surface area contributed by atoms with Crippen LogP contribution in [0.4, 0.5) is 5.69 Å². The molecule has 25 heavy (non-hydrogen) atoms. The van der Waals surface area contributed by atoms with Gasteiger partial charge in [-0.1, -0.05) is 35.9 Å². The molecule has 3 aromatic rings. The van der Waals surface area contributed by atoms with Gasteiger partial charge in [-0.05, 0) is 43.2 Å². The van der Waals surface area contributed by atoms with Gasteiger partial charge in [0.1, 0.15) is 5.69 Å². The third-order valence-corrected chi connectivity index (χ3v) is 4.36. The molecule has 1 aromatic heterocycles. The monoisotopic (exact) mass is 356 g/mol. The zero-order valence-electron chi connectivity index (χ0n) is 13.9. The quantitative estimate of drug-likeness (QED) is 0.687. The van der Waals surface area contributed by atoms with Gasteiger partial charge in [0.05, 0.1) is 5.02 Å². The van der Waals surface area contributed by atoms with E-state index in [2.05, 4.69) is 10.3 Å². The lowest BCUT2D eigenvalue weighted by molar-refractivity contribution is -0.119. The SMILES string of the molecule is Cc1ccc(NC(=O)COC(=O)c2[nH]c3ccccc3c2Cl)cc1C. The van der Waals surface area contributed by atoms with E-state index < -0.39 is 18.5 Å². The summed E-state index contributed by atoms with van der Waals surface area (Å²) in [6, 6.07) is 12.9. The highest BCUT2D eigenvalue weighted by molar-refractivity contribution is 6.38. The van der Waals surface area contributed by atoms with Crippen molar-refractivity contribution in [3.8, 4) is 0 Å². The Balaban J connectivity index is 1.64. The van der Waals surface area contributed by atoms with Crippen LogP contribution < -0.4 is 5.32 Å². The van der Waals surface area contributed by atoms with Crippen LogP contribution in [0.2, 0.25) is 5.02 Å². The number of hydrogen-bond acceptors (Lipinski definition) is 3. The zero-order valence-corrected chi connectivity index (χ0v) is 14.6. The first kappa shape index (κ1) is 17.0. The molecule has 6 heteroatoms. The van der Waals surface area contributed by atoms with Crippen LogP contribution in [0.5, 0.6) is 0 Å². The standard InChI is InChI=1S/C19H17ClN2O3/c1-11-7-8-13(9-12(11)2)21-16(23)10-25-19(24)18-17(20)14-5-3-4-6-15(14)22-18/h3-9,22H,10H2,1-2H3,(H,21,23). The van der Waals surface area contributed by atoms with Crippen LogP contribution in [-0.2, 0) is 9.53 Å². The summed E-state index contributed by atoms with van der Waals surface area (Å²) in [5.74, 6) is -1.08. The molecule has 3 rings (SSSR count). The van der Waals surface area contributed by atoms with Crippen molar-refractivity contribution in [3.05, 3.63) is 64.3 Å². The number of aryl methyl sites for hydroxylation is 2. The van der Waals surface area contributed by atoms with E-state index in [-0.39, 0.29) is 10.7 Å². The maximum atomic E-state index is 12.2. The lowest BCUT2D eigenvalue weighted by atomic mass is 10.1. The van der Waals surface area contributed by atoms with E-state index in [1.165, 1.54) is 0 Å². The number of amides is 1. The molecule has 0 fully saturated rings. The van der Waals surface area contributed by atoms with E-state index in [9.17, 15) is 9.59 Å². The molecule has 0 unspecified atom stereocenters.